The van der Waals surface area contributed by atoms with Gasteiger partial charge in [0.1, 0.15) is 0 Å². The van der Waals surface area contributed by atoms with Gasteiger partial charge in [0.15, 0.2) is 0 Å². The monoisotopic (exact) mass is 197 g/mol. The molecule has 1 heterocycles. The lowest BCUT2D eigenvalue weighted by atomic mass is 9.88. The van der Waals surface area contributed by atoms with Crippen molar-refractivity contribution in [2.24, 2.45) is 5.73 Å². The summed E-state index contributed by atoms with van der Waals surface area (Å²) in [5, 5.41) is 4.34. The van der Waals surface area contributed by atoms with Gasteiger partial charge in [0.05, 0.1) is 0 Å². The predicted octanol–water partition coefficient (Wildman–Crippen LogP) is 3.20. The molecule has 0 aliphatic rings. The van der Waals surface area contributed by atoms with Crippen LogP contribution in [0.2, 0.25) is 0 Å². The first kappa shape index (κ1) is 10.7. The van der Waals surface area contributed by atoms with Crippen LogP contribution in [0.5, 0.6) is 0 Å². The largest absolute Gasteiger partial charge is 0.325 e. The van der Waals surface area contributed by atoms with E-state index in [0.717, 1.165) is 25.7 Å². The fourth-order valence-corrected chi connectivity index (χ4v) is 2.13. The van der Waals surface area contributed by atoms with Gasteiger partial charge in [-0.25, -0.2) is 0 Å². The normalized spacial score (nSPS) is 11.9. The van der Waals surface area contributed by atoms with Crippen LogP contribution in [0.3, 0.4) is 0 Å². The minimum Gasteiger partial charge on any atom is -0.325 e. The highest BCUT2D eigenvalue weighted by Crippen LogP contribution is 2.19. The average molecular weight is 197 g/mol. The van der Waals surface area contributed by atoms with Crippen LogP contribution in [0.25, 0.3) is 0 Å². The van der Waals surface area contributed by atoms with E-state index in [1.165, 1.54) is 5.56 Å². The number of hydrogen-bond donors (Lipinski definition) is 1. The fraction of sp³-hybridized carbons (Fsp3) is 0.636. The van der Waals surface area contributed by atoms with E-state index in [1.54, 1.807) is 11.3 Å². The second-order valence-corrected chi connectivity index (χ2v) is 4.48. The Morgan fingerprint density at radius 2 is 2.08 bits per heavy atom. The molecule has 0 spiro atoms. The highest BCUT2D eigenvalue weighted by molar-refractivity contribution is 7.07. The Morgan fingerprint density at radius 3 is 2.54 bits per heavy atom. The number of hydrogen-bond acceptors (Lipinski definition) is 2. The van der Waals surface area contributed by atoms with Crippen molar-refractivity contribution in [3.05, 3.63) is 22.4 Å². The lowest BCUT2D eigenvalue weighted by molar-refractivity contribution is 0.367. The molecule has 0 saturated heterocycles. The van der Waals surface area contributed by atoms with E-state index in [-0.39, 0.29) is 5.54 Å². The van der Waals surface area contributed by atoms with Crippen LogP contribution in [-0.2, 0) is 6.42 Å². The molecule has 0 aliphatic carbocycles. The summed E-state index contributed by atoms with van der Waals surface area (Å²) in [4.78, 5) is 0. The molecule has 0 fully saturated rings. The van der Waals surface area contributed by atoms with Gasteiger partial charge in [-0.15, -0.1) is 0 Å². The Labute approximate surface area is 85.0 Å². The maximum absolute atomic E-state index is 6.22. The van der Waals surface area contributed by atoms with E-state index in [4.69, 9.17) is 5.73 Å². The van der Waals surface area contributed by atoms with Gasteiger partial charge in [-0.05, 0) is 48.1 Å². The van der Waals surface area contributed by atoms with Gasteiger partial charge >= 0.3 is 0 Å². The van der Waals surface area contributed by atoms with E-state index < -0.39 is 0 Å². The highest BCUT2D eigenvalue weighted by Gasteiger charge is 2.19. The van der Waals surface area contributed by atoms with Crippen molar-refractivity contribution in [1.29, 1.82) is 0 Å². The molecule has 0 atom stereocenters. The van der Waals surface area contributed by atoms with Crippen LogP contribution in [0.4, 0.5) is 0 Å². The van der Waals surface area contributed by atoms with Crippen LogP contribution >= 0.6 is 11.3 Å². The van der Waals surface area contributed by atoms with Crippen LogP contribution in [0, 0.1) is 0 Å². The Balaban J connectivity index is 2.41. The molecule has 1 nitrogen and oxygen atoms in total. The van der Waals surface area contributed by atoms with Gasteiger partial charge < -0.3 is 5.73 Å². The zero-order chi connectivity index (χ0) is 9.73. The van der Waals surface area contributed by atoms with Gasteiger partial charge in [-0.2, -0.15) is 11.3 Å². The van der Waals surface area contributed by atoms with Crippen LogP contribution in [-0.4, -0.2) is 5.54 Å². The summed E-state index contributed by atoms with van der Waals surface area (Å²) in [6.07, 6.45) is 4.39. The molecule has 13 heavy (non-hydrogen) atoms. The zero-order valence-electron chi connectivity index (χ0n) is 8.55. The average Bonchev–Trinajstić information content (AvgIpc) is 2.67. The van der Waals surface area contributed by atoms with Gasteiger partial charge in [-0.3, -0.25) is 0 Å². The van der Waals surface area contributed by atoms with E-state index in [9.17, 15) is 0 Å². The van der Waals surface area contributed by atoms with E-state index in [1.807, 2.05) is 0 Å². The summed E-state index contributed by atoms with van der Waals surface area (Å²) in [6.45, 7) is 4.36. The maximum Gasteiger partial charge on any atom is 0.0152 e. The summed E-state index contributed by atoms with van der Waals surface area (Å²) < 4.78 is 0. The minimum absolute atomic E-state index is 0.0575. The Hall–Kier alpha value is -0.340. The maximum atomic E-state index is 6.22. The molecule has 2 N–H and O–H groups in total. The molecule has 1 rings (SSSR count). The molecule has 1 aromatic heterocycles. The lowest BCUT2D eigenvalue weighted by Crippen LogP contribution is -2.38. The topological polar surface area (TPSA) is 26.0 Å². The third-order valence-corrected chi connectivity index (χ3v) is 3.63. The first-order chi connectivity index (χ1) is 6.20. The summed E-state index contributed by atoms with van der Waals surface area (Å²) in [5.74, 6) is 0. The molecule has 74 valence electrons. The Bertz CT molecular complexity index is 224. The predicted molar refractivity (Wildman–Crippen MR) is 60.1 cm³/mol. The lowest BCUT2D eigenvalue weighted by Gasteiger charge is -2.26. The molecular formula is C11H19NS. The van der Waals surface area contributed by atoms with Crippen molar-refractivity contribution >= 4 is 11.3 Å². The van der Waals surface area contributed by atoms with Crippen LogP contribution in [0.15, 0.2) is 16.8 Å². The molecule has 0 unspecified atom stereocenters. The first-order valence-electron chi connectivity index (χ1n) is 5.00. The minimum atomic E-state index is 0.0575. The second-order valence-electron chi connectivity index (χ2n) is 3.70. The summed E-state index contributed by atoms with van der Waals surface area (Å²) in [7, 11) is 0. The van der Waals surface area contributed by atoms with Crippen LogP contribution in [0.1, 0.15) is 38.7 Å². The second kappa shape index (κ2) is 4.77. The van der Waals surface area contributed by atoms with Gasteiger partial charge in [0.25, 0.3) is 0 Å². The molecule has 0 bridgehead atoms. The zero-order valence-corrected chi connectivity index (χ0v) is 9.36. The molecule has 0 amide bonds. The van der Waals surface area contributed by atoms with Gasteiger partial charge in [0.2, 0.25) is 0 Å². The van der Waals surface area contributed by atoms with Gasteiger partial charge in [-0.1, -0.05) is 13.8 Å². The molecule has 0 aliphatic heterocycles. The fourth-order valence-electron chi connectivity index (χ4n) is 1.43. The van der Waals surface area contributed by atoms with Crippen molar-refractivity contribution in [1.82, 2.24) is 0 Å². The number of rotatable bonds is 5. The van der Waals surface area contributed by atoms with Crippen molar-refractivity contribution in [3.63, 3.8) is 0 Å². The van der Waals surface area contributed by atoms with Crippen LogP contribution < -0.4 is 5.73 Å². The molecular weight excluding hydrogens is 178 g/mol. The summed E-state index contributed by atoms with van der Waals surface area (Å²) in [5.41, 5.74) is 7.71. The highest BCUT2D eigenvalue weighted by atomic mass is 32.1. The third-order valence-electron chi connectivity index (χ3n) is 2.90. The van der Waals surface area contributed by atoms with E-state index >= 15 is 0 Å². The van der Waals surface area contributed by atoms with E-state index in [0.29, 0.717) is 0 Å². The quantitative estimate of drug-likeness (QED) is 0.770. The molecule has 1 aromatic rings. The standard InChI is InChI=1S/C11H19NS/c1-3-11(12,4-2)7-5-10-6-8-13-9-10/h6,8-9H,3-5,7,12H2,1-2H3. The number of nitrogens with two attached hydrogens (primary N) is 1. The number of aryl methyl sites for hydroxylation is 1. The summed E-state index contributed by atoms with van der Waals surface area (Å²) in [6, 6.07) is 2.19. The Kier molecular flexibility index (Phi) is 3.94. The molecule has 0 aromatic carbocycles. The first-order valence-corrected chi connectivity index (χ1v) is 5.94. The number of thiophene rings is 1. The molecule has 2 heteroatoms. The van der Waals surface area contributed by atoms with Crippen molar-refractivity contribution in [3.8, 4) is 0 Å². The molecule has 0 radical (unpaired) electrons. The summed E-state index contributed by atoms with van der Waals surface area (Å²) >= 11 is 1.76. The molecule has 0 saturated carbocycles. The van der Waals surface area contributed by atoms with Crippen molar-refractivity contribution in [2.75, 3.05) is 0 Å². The SMILES string of the molecule is CCC(N)(CC)CCc1ccsc1. The van der Waals surface area contributed by atoms with E-state index in [2.05, 4.69) is 30.7 Å². The van der Waals surface area contributed by atoms with Crippen molar-refractivity contribution in [2.45, 2.75) is 45.1 Å². The smallest absolute Gasteiger partial charge is 0.0152 e. The third kappa shape index (κ3) is 3.12. The van der Waals surface area contributed by atoms with Crippen molar-refractivity contribution < 1.29 is 0 Å². The van der Waals surface area contributed by atoms with Gasteiger partial charge in [0, 0.05) is 5.54 Å². The Morgan fingerprint density at radius 1 is 1.38 bits per heavy atom.